The summed E-state index contributed by atoms with van der Waals surface area (Å²) in [4.78, 5) is 0.396. The minimum Gasteiger partial charge on any atom is -0.313 e. The lowest BCUT2D eigenvalue weighted by atomic mass is 10.2. The minimum absolute atomic E-state index is 0.127. The molecule has 0 radical (unpaired) electrons. The largest absolute Gasteiger partial charge is 0.313 e. The zero-order valence-electron chi connectivity index (χ0n) is 12.0. The van der Waals surface area contributed by atoms with E-state index in [0.29, 0.717) is 11.4 Å². The third-order valence-electron chi connectivity index (χ3n) is 3.57. The van der Waals surface area contributed by atoms with Gasteiger partial charge in [0.1, 0.15) is 0 Å². The molecule has 1 aromatic rings. The van der Waals surface area contributed by atoms with Crippen molar-refractivity contribution in [3.63, 3.8) is 0 Å². The van der Waals surface area contributed by atoms with Gasteiger partial charge in [0.05, 0.1) is 4.90 Å². The van der Waals surface area contributed by atoms with E-state index in [9.17, 15) is 8.42 Å². The maximum atomic E-state index is 12.6. The Morgan fingerprint density at radius 3 is 2.90 bits per heavy atom. The lowest BCUT2D eigenvalue weighted by molar-refractivity contribution is 0.394. The molecule has 0 bridgehead atoms. The maximum absolute atomic E-state index is 12.6. The molecule has 1 aromatic carbocycles. The highest BCUT2D eigenvalue weighted by Crippen LogP contribution is 2.26. The molecule has 2 rings (SSSR count). The number of hydrogen-bond donors (Lipinski definition) is 1. The minimum atomic E-state index is -3.38. The summed E-state index contributed by atoms with van der Waals surface area (Å²) in [5, 5.41) is 3.22. The zero-order chi connectivity index (χ0) is 14.6. The number of nitrogens with one attached hydrogen (secondary N) is 1. The van der Waals surface area contributed by atoms with Crippen molar-refractivity contribution >= 4 is 21.8 Å². The van der Waals surface area contributed by atoms with Crippen molar-refractivity contribution in [2.45, 2.75) is 30.8 Å². The first kappa shape index (κ1) is 15.8. The SMILES string of the molecule is CCNCc1cccc(S(=O)(=O)N(C)C2CCSC2)c1. The van der Waals surface area contributed by atoms with Crippen LogP contribution in [0, 0.1) is 0 Å². The number of thioether (sulfide) groups is 1. The van der Waals surface area contributed by atoms with E-state index < -0.39 is 10.0 Å². The molecule has 0 spiro atoms. The molecule has 0 aromatic heterocycles. The molecule has 20 heavy (non-hydrogen) atoms. The summed E-state index contributed by atoms with van der Waals surface area (Å²) in [6, 6.07) is 7.35. The molecule has 1 fully saturated rings. The van der Waals surface area contributed by atoms with Crippen molar-refractivity contribution in [3.8, 4) is 0 Å². The molecule has 1 aliphatic rings. The summed E-state index contributed by atoms with van der Waals surface area (Å²) in [6.07, 6.45) is 0.942. The van der Waals surface area contributed by atoms with Gasteiger partial charge in [-0.1, -0.05) is 19.1 Å². The quantitative estimate of drug-likeness (QED) is 0.871. The molecule has 1 unspecified atom stereocenters. The van der Waals surface area contributed by atoms with Gasteiger partial charge in [-0.05, 0) is 36.4 Å². The molecular weight excluding hydrogens is 292 g/mol. The van der Waals surface area contributed by atoms with Gasteiger partial charge in [0.25, 0.3) is 0 Å². The van der Waals surface area contributed by atoms with Crippen molar-refractivity contribution in [1.82, 2.24) is 9.62 Å². The van der Waals surface area contributed by atoms with E-state index in [-0.39, 0.29) is 6.04 Å². The van der Waals surface area contributed by atoms with Crippen LogP contribution in [0.5, 0.6) is 0 Å². The predicted molar refractivity (Wildman–Crippen MR) is 84.5 cm³/mol. The van der Waals surface area contributed by atoms with Crippen LogP contribution >= 0.6 is 11.8 Å². The van der Waals surface area contributed by atoms with Crippen molar-refractivity contribution in [2.75, 3.05) is 25.1 Å². The van der Waals surface area contributed by atoms with Crippen LogP contribution in [0.4, 0.5) is 0 Å². The smallest absolute Gasteiger partial charge is 0.243 e. The van der Waals surface area contributed by atoms with Crippen LogP contribution in [0.15, 0.2) is 29.2 Å². The van der Waals surface area contributed by atoms with Gasteiger partial charge in [0, 0.05) is 25.4 Å². The number of rotatable bonds is 6. The molecule has 1 N–H and O–H groups in total. The van der Waals surface area contributed by atoms with Crippen molar-refractivity contribution in [1.29, 1.82) is 0 Å². The fourth-order valence-corrected chi connectivity index (χ4v) is 5.07. The molecule has 0 aliphatic carbocycles. The molecule has 1 saturated heterocycles. The number of hydrogen-bond acceptors (Lipinski definition) is 4. The summed E-state index contributed by atoms with van der Waals surface area (Å²) < 4.78 is 26.8. The second-order valence-corrected chi connectivity index (χ2v) is 8.11. The van der Waals surface area contributed by atoms with E-state index >= 15 is 0 Å². The van der Waals surface area contributed by atoms with E-state index in [0.717, 1.165) is 30.0 Å². The molecule has 112 valence electrons. The van der Waals surface area contributed by atoms with Crippen LogP contribution in [-0.4, -0.2) is 43.9 Å². The molecule has 1 heterocycles. The lowest BCUT2D eigenvalue weighted by Crippen LogP contribution is -2.37. The Morgan fingerprint density at radius 2 is 2.25 bits per heavy atom. The fraction of sp³-hybridized carbons (Fsp3) is 0.571. The Hall–Kier alpha value is -0.560. The van der Waals surface area contributed by atoms with Crippen molar-refractivity contribution in [2.24, 2.45) is 0 Å². The molecule has 4 nitrogen and oxygen atoms in total. The second-order valence-electron chi connectivity index (χ2n) is 4.97. The molecule has 0 amide bonds. The normalized spacial score (nSPS) is 19.6. The van der Waals surface area contributed by atoms with Gasteiger partial charge in [0.15, 0.2) is 0 Å². The monoisotopic (exact) mass is 314 g/mol. The summed E-state index contributed by atoms with van der Waals surface area (Å²) >= 11 is 1.82. The van der Waals surface area contributed by atoms with E-state index in [4.69, 9.17) is 0 Å². The summed E-state index contributed by atoms with van der Waals surface area (Å²) in [5.41, 5.74) is 1.00. The topological polar surface area (TPSA) is 49.4 Å². The van der Waals surface area contributed by atoms with E-state index in [1.165, 1.54) is 0 Å². The Bertz CT molecular complexity index is 540. The first-order valence-electron chi connectivity index (χ1n) is 6.91. The summed E-state index contributed by atoms with van der Waals surface area (Å²) in [5.74, 6) is 1.94. The van der Waals surface area contributed by atoms with Crippen molar-refractivity contribution < 1.29 is 8.42 Å². The van der Waals surface area contributed by atoms with Crippen LogP contribution in [0.25, 0.3) is 0 Å². The first-order chi connectivity index (χ1) is 9.55. The Balaban J connectivity index is 2.19. The molecule has 1 atom stereocenters. The fourth-order valence-electron chi connectivity index (χ4n) is 2.26. The Labute approximate surface area is 126 Å². The standard InChI is InChI=1S/C14H22N2O2S2/c1-3-15-10-12-5-4-6-14(9-12)20(17,18)16(2)13-7-8-19-11-13/h4-6,9,13,15H,3,7-8,10-11H2,1-2H3. The van der Waals surface area contributed by atoms with Crippen LogP contribution in [0.1, 0.15) is 18.9 Å². The van der Waals surface area contributed by atoms with E-state index in [2.05, 4.69) is 5.32 Å². The van der Waals surface area contributed by atoms with Crippen LogP contribution in [0.2, 0.25) is 0 Å². The van der Waals surface area contributed by atoms with Gasteiger partial charge < -0.3 is 5.32 Å². The number of benzene rings is 1. The average Bonchev–Trinajstić information content (AvgIpc) is 2.98. The van der Waals surface area contributed by atoms with Gasteiger partial charge in [0.2, 0.25) is 10.0 Å². The third-order valence-corrected chi connectivity index (χ3v) is 6.63. The van der Waals surface area contributed by atoms with Crippen molar-refractivity contribution in [3.05, 3.63) is 29.8 Å². The molecule has 1 aliphatic heterocycles. The van der Waals surface area contributed by atoms with Gasteiger partial charge in [-0.25, -0.2) is 8.42 Å². The van der Waals surface area contributed by atoms with Crippen LogP contribution in [-0.2, 0) is 16.6 Å². The average molecular weight is 314 g/mol. The Kier molecular flexibility index (Phi) is 5.49. The maximum Gasteiger partial charge on any atom is 0.243 e. The van der Waals surface area contributed by atoms with Crippen LogP contribution in [0.3, 0.4) is 0 Å². The van der Waals surface area contributed by atoms with Gasteiger partial charge in [-0.2, -0.15) is 16.1 Å². The highest BCUT2D eigenvalue weighted by molar-refractivity contribution is 7.99. The van der Waals surface area contributed by atoms with Gasteiger partial charge >= 0.3 is 0 Å². The lowest BCUT2D eigenvalue weighted by Gasteiger charge is -2.23. The highest BCUT2D eigenvalue weighted by Gasteiger charge is 2.30. The molecule has 0 saturated carbocycles. The number of sulfonamides is 1. The van der Waals surface area contributed by atoms with E-state index in [1.807, 2.05) is 30.8 Å². The summed E-state index contributed by atoms with van der Waals surface area (Å²) in [7, 11) is -1.68. The van der Waals surface area contributed by atoms with E-state index in [1.54, 1.807) is 23.5 Å². The Morgan fingerprint density at radius 1 is 1.45 bits per heavy atom. The van der Waals surface area contributed by atoms with Crippen LogP contribution < -0.4 is 5.32 Å². The first-order valence-corrected chi connectivity index (χ1v) is 9.50. The second kappa shape index (κ2) is 6.93. The third kappa shape index (κ3) is 3.55. The molecular formula is C14H22N2O2S2. The predicted octanol–water partition coefficient (Wildman–Crippen LogP) is 1.92. The number of nitrogens with zero attached hydrogens (tertiary/aromatic N) is 1. The summed E-state index contributed by atoms with van der Waals surface area (Å²) in [6.45, 7) is 3.60. The molecule has 6 heteroatoms. The van der Waals surface area contributed by atoms with Gasteiger partial charge in [-0.15, -0.1) is 0 Å². The zero-order valence-corrected chi connectivity index (χ0v) is 13.6. The highest BCUT2D eigenvalue weighted by atomic mass is 32.2. The van der Waals surface area contributed by atoms with Gasteiger partial charge in [-0.3, -0.25) is 0 Å².